The van der Waals surface area contributed by atoms with Gasteiger partial charge in [-0.2, -0.15) is 53.4 Å². The van der Waals surface area contributed by atoms with Crippen LogP contribution in [0.15, 0.2) is 161 Å². The summed E-state index contributed by atoms with van der Waals surface area (Å²) in [5.41, 5.74) is 18.1. The Kier molecular flexibility index (Phi) is 26.4. The third-order valence-corrected chi connectivity index (χ3v) is 14.8. The first-order chi connectivity index (χ1) is 46.1. The average Bonchev–Trinajstić information content (AvgIpc) is 1.67. The van der Waals surface area contributed by atoms with Gasteiger partial charge < -0.3 is 36.2 Å². The highest BCUT2D eigenvalue weighted by molar-refractivity contribution is 7.80. The number of benzene rings is 6. The van der Waals surface area contributed by atoms with Crippen LogP contribution >= 0.6 is 24.4 Å². The topological polar surface area (TPSA) is 337 Å². The molecule has 0 aliphatic heterocycles. The van der Waals surface area contributed by atoms with E-state index < -0.39 is 23.7 Å². The number of anilines is 2. The van der Waals surface area contributed by atoms with Gasteiger partial charge in [0, 0.05) is 54.8 Å². The molecule has 0 bridgehead atoms. The van der Waals surface area contributed by atoms with Crippen molar-refractivity contribution in [3.63, 3.8) is 0 Å². The van der Waals surface area contributed by atoms with Crippen molar-refractivity contribution >= 4 is 87.2 Å². The van der Waals surface area contributed by atoms with E-state index in [1.165, 1.54) is 83.6 Å². The number of carboxylic acids is 2. The zero-order valence-corrected chi connectivity index (χ0v) is 55.6. The fourth-order valence-corrected chi connectivity index (χ4v) is 9.61. The van der Waals surface area contributed by atoms with Crippen molar-refractivity contribution in [3.05, 3.63) is 202 Å². The second-order valence-corrected chi connectivity index (χ2v) is 22.2. The maximum atomic E-state index is 12.8. The van der Waals surface area contributed by atoms with Crippen LogP contribution in [0.25, 0.3) is 33.8 Å². The van der Waals surface area contributed by atoms with Crippen molar-refractivity contribution in [2.45, 2.75) is 73.4 Å². The smallest absolute Gasteiger partial charge is 0.416 e. The van der Waals surface area contributed by atoms with Crippen LogP contribution in [0.5, 0.6) is 17.2 Å². The van der Waals surface area contributed by atoms with Gasteiger partial charge in [-0.1, -0.05) is 86.5 Å². The van der Waals surface area contributed by atoms with Crippen molar-refractivity contribution in [1.29, 1.82) is 0 Å². The second-order valence-electron chi connectivity index (χ2n) is 21.4. The second kappa shape index (κ2) is 34.5. The molecule has 3 heterocycles. The van der Waals surface area contributed by atoms with Crippen LogP contribution in [-0.2, 0) is 43.3 Å². The molecule has 29 heteroatoms. The number of aromatic nitrogens is 6. The highest BCUT2D eigenvalue weighted by Gasteiger charge is 2.31. The molecule has 0 radical (unpaired) electrons. The lowest BCUT2D eigenvalue weighted by Gasteiger charge is -2.08. The molecule has 0 spiro atoms. The summed E-state index contributed by atoms with van der Waals surface area (Å²) >= 11 is 10.4. The lowest BCUT2D eigenvalue weighted by Crippen LogP contribution is -2.25. The highest BCUT2D eigenvalue weighted by Crippen LogP contribution is 2.37. The van der Waals surface area contributed by atoms with E-state index in [0.717, 1.165) is 35.2 Å². The predicted octanol–water partition coefficient (Wildman–Crippen LogP) is 12.1. The number of nitrogens with zero attached hydrogens (tertiary/aromatic N) is 9. The van der Waals surface area contributed by atoms with E-state index in [4.69, 9.17) is 44.2 Å². The summed E-state index contributed by atoms with van der Waals surface area (Å²) in [6.45, 7) is 11.2. The average molecular weight is 1360 g/mol. The van der Waals surface area contributed by atoms with Gasteiger partial charge in [-0.25, -0.2) is 15.0 Å². The van der Waals surface area contributed by atoms with Gasteiger partial charge in [0.1, 0.15) is 17.1 Å². The third kappa shape index (κ3) is 20.4. The number of thiocarbonyl (C=S) groups is 2. The largest absolute Gasteiger partial charge is 0.504 e. The summed E-state index contributed by atoms with van der Waals surface area (Å²) in [6, 6.07) is 39.4. The van der Waals surface area contributed by atoms with Gasteiger partial charge in [-0.15, -0.1) is 0 Å². The Morgan fingerprint density at radius 2 is 0.907 bits per heavy atom. The van der Waals surface area contributed by atoms with Gasteiger partial charge in [-0.05, 0) is 167 Å². The summed E-state index contributed by atoms with van der Waals surface area (Å²) in [5, 5.41) is 81.6. The molecule has 10 N–H and O–H groups in total. The first-order valence-electron chi connectivity index (χ1n) is 29.5. The molecule has 24 nitrogen and oxygen atoms in total. The first kappa shape index (κ1) is 74.4. The lowest BCUT2D eigenvalue weighted by molar-refractivity contribution is -0.191. The number of aryl methyl sites for hydroxylation is 6. The van der Waals surface area contributed by atoms with E-state index in [9.17, 15) is 42.9 Å². The van der Waals surface area contributed by atoms with Gasteiger partial charge in [0.25, 0.3) is 5.91 Å². The number of nitrogens with one attached hydrogen (secondary N) is 5. The molecule has 3 aromatic heterocycles. The molecule has 0 aliphatic rings. The van der Waals surface area contributed by atoms with E-state index in [1.807, 2.05) is 50.2 Å². The van der Waals surface area contributed by atoms with Crippen molar-refractivity contribution in [2.75, 3.05) is 10.6 Å². The fraction of sp³-hybridized carbons (Fsp3) is 0.206. The molecular weight excluding hydrogens is 1290 g/mol. The zero-order valence-electron chi connectivity index (χ0n) is 53.9. The molecule has 1 amide bonds. The van der Waals surface area contributed by atoms with E-state index in [-0.39, 0.29) is 67.8 Å². The van der Waals surface area contributed by atoms with Gasteiger partial charge in [-0.3, -0.25) is 29.7 Å². The molecule has 0 saturated carbocycles. The summed E-state index contributed by atoms with van der Waals surface area (Å²) in [7, 11) is 5.09. The molecule has 0 saturated heterocycles. The van der Waals surface area contributed by atoms with E-state index >= 15 is 0 Å². The minimum atomic E-state index is -4.46. The number of carboxylic acid groups (broad SMARTS) is 2. The maximum absolute atomic E-state index is 12.8. The number of amides is 1. The van der Waals surface area contributed by atoms with Crippen LogP contribution in [0.1, 0.15) is 117 Å². The number of carbonyl (C=O) groups excluding carboxylic acids is 3. The summed E-state index contributed by atoms with van der Waals surface area (Å²) < 4.78 is 43.0. The van der Waals surface area contributed by atoms with E-state index in [2.05, 4.69) is 76.6 Å². The number of aromatic carboxylic acids is 2. The molecule has 0 fully saturated rings. The Morgan fingerprint density at radius 1 is 0.526 bits per heavy atom. The Balaban J connectivity index is 0.000000226. The van der Waals surface area contributed by atoms with Crippen molar-refractivity contribution in [1.82, 2.24) is 45.6 Å². The summed E-state index contributed by atoms with van der Waals surface area (Å²) in [6.07, 6.45) is 0.421. The van der Waals surface area contributed by atoms with Gasteiger partial charge >= 0.3 is 24.3 Å². The summed E-state index contributed by atoms with van der Waals surface area (Å²) in [4.78, 5) is 50.2. The number of carbonyl (C=O) groups is 3. The van der Waals surface area contributed by atoms with Gasteiger partial charge in [0.15, 0.2) is 44.6 Å². The lowest BCUT2D eigenvalue weighted by atomic mass is 10.0. The predicted molar refractivity (Wildman–Crippen MR) is 370 cm³/mol. The quantitative estimate of drug-likeness (QED) is 0.0165. The van der Waals surface area contributed by atoms with Crippen LogP contribution in [0.4, 0.5) is 24.5 Å². The Labute approximate surface area is 565 Å². The summed E-state index contributed by atoms with van der Waals surface area (Å²) in [5.74, 6) is -2.52. The molecular formula is C68H69F3N14O10S2. The fourth-order valence-electron chi connectivity index (χ4n) is 9.28. The van der Waals surface area contributed by atoms with Crippen molar-refractivity contribution < 1.29 is 62.7 Å². The van der Waals surface area contributed by atoms with E-state index in [1.54, 1.807) is 87.7 Å². The van der Waals surface area contributed by atoms with Crippen LogP contribution in [-0.4, -0.2) is 106 Å². The number of hydrogen-bond donors (Lipinski definition) is 10. The zero-order chi connectivity index (χ0) is 71.3. The van der Waals surface area contributed by atoms with Gasteiger partial charge in [0.2, 0.25) is 0 Å². The van der Waals surface area contributed by atoms with Crippen LogP contribution in [0.2, 0.25) is 0 Å². The molecule has 9 rings (SSSR count). The number of halogens is 3. The molecule has 0 unspecified atom stereocenters. The van der Waals surface area contributed by atoms with Crippen LogP contribution < -0.4 is 26.9 Å². The normalized spacial score (nSPS) is 11.3. The Morgan fingerprint density at radius 3 is 1.29 bits per heavy atom. The Hall–Kier alpha value is -11.7. The number of hydrazone groups is 3. The van der Waals surface area contributed by atoms with Crippen LogP contribution in [0.3, 0.4) is 0 Å². The third-order valence-electron chi connectivity index (χ3n) is 14.4. The van der Waals surface area contributed by atoms with Crippen LogP contribution in [0, 0.1) is 13.8 Å². The first-order valence-corrected chi connectivity index (χ1v) is 30.3. The molecule has 6 aromatic carbocycles. The minimum absolute atomic E-state index is 0.0379. The molecule has 0 atom stereocenters. The number of rotatable bonds is 18. The number of aromatic hydroxyl groups is 3. The highest BCUT2D eigenvalue weighted by atomic mass is 32.1. The monoisotopic (exact) mass is 1360 g/mol. The van der Waals surface area contributed by atoms with Gasteiger partial charge in [0.05, 0.1) is 33.8 Å². The molecule has 97 heavy (non-hydrogen) atoms. The number of alkyl halides is 3. The molecule has 504 valence electrons. The Bertz CT molecular complexity index is 4410. The number of hydrogen-bond acceptors (Lipinski definition) is 16. The molecule has 0 aliphatic carbocycles. The minimum Gasteiger partial charge on any atom is -0.504 e. The molecule has 9 aromatic rings. The van der Waals surface area contributed by atoms with E-state index in [0.29, 0.717) is 56.7 Å². The number of unbranched alkanes of at least 4 members (excludes halogenated alkanes) is 2. The SMILES string of the molecule is C/C(=N\NC(=O)c1ccccc1)c1nn(C)c(-c2ccc(C)c(C)c2)c1O.C/C(=N\NC(=S)Nc1ccc(C(=O)O)cc1)c1nn(C)c(-c2ccc(C(F)(F)F)cc2)c1O.CCCCCc1ccc(-c2c(O)c(/C(C)=N/NC(=S)Nc3ccc(C(=O)O)cc3)nn2C)cc1.O=C=O. The van der Waals surface area contributed by atoms with Crippen molar-refractivity contribution in [2.24, 2.45) is 36.4 Å². The standard InChI is InChI=1S/C25H29N5O3S.C21H18F3N5O3S.C21H22N4O2.CO2/c1-4-5-6-7-17-8-10-18(11-9-17)22-23(31)21(29-30(22)3)16(2)27-28-25(34)26-20-14-12-19(13-15-20)24(32)33;1-11(26-27-20(33)25-15-9-5-13(6-10-15)19(31)32)16-18(30)17(29(2)28-16)12-3-7-14(8-4-12)21(22,23)24;1-13-10-11-17(12-14(13)2)19-20(26)18(24-25(19)4)15(3)22-23-21(27)16-8-6-5-7-9-16;2-1-3/h8-15,31H,4-7H2,1-3H3,(H,32,33)(H2,26,28,34);3-10,30H,1-2H3,(H,31,32)(H2,25,27,33);5-12,26H,1-4H3,(H,23,27);/b27-16+;26-11+;22-15+;. The van der Waals surface area contributed by atoms with Crippen molar-refractivity contribution in [3.8, 4) is 51.0 Å². The maximum Gasteiger partial charge on any atom is 0.416 e.